The summed E-state index contributed by atoms with van der Waals surface area (Å²) in [5.74, 6) is -0.678. The van der Waals surface area contributed by atoms with Gasteiger partial charge in [0.25, 0.3) is 0 Å². The Morgan fingerprint density at radius 3 is 2.45 bits per heavy atom. The van der Waals surface area contributed by atoms with Crippen LogP contribution in [0, 0.1) is 0 Å². The van der Waals surface area contributed by atoms with Crippen LogP contribution in [0.5, 0.6) is 0 Å². The number of aliphatic carboxylic acids is 1. The molecule has 0 atom stereocenters. The normalized spacial score (nSPS) is 10.4. The first-order valence-electron chi connectivity index (χ1n) is 8.05. The van der Waals surface area contributed by atoms with Gasteiger partial charge in [-0.1, -0.05) is 51.2 Å². The van der Waals surface area contributed by atoms with Gasteiger partial charge in [-0.2, -0.15) is 0 Å². The Labute approximate surface area is 124 Å². The molecule has 0 rings (SSSR count). The van der Waals surface area contributed by atoms with Gasteiger partial charge in [0.05, 0.1) is 0 Å². The molecule has 114 valence electrons. The Hall–Kier alpha value is -1.27. The van der Waals surface area contributed by atoms with Crippen LogP contribution in [-0.2, 0) is 4.79 Å². The Balaban J connectivity index is 3.30. The summed E-state index contributed by atoms with van der Waals surface area (Å²) in [7, 11) is 0. The monoisotopic (exact) mass is 278 g/mol. The summed E-state index contributed by atoms with van der Waals surface area (Å²) < 4.78 is 0. The lowest BCUT2D eigenvalue weighted by molar-refractivity contribution is -0.137. The highest BCUT2D eigenvalue weighted by molar-refractivity contribution is 5.66. The van der Waals surface area contributed by atoms with Crippen LogP contribution in [0.4, 0.5) is 0 Å². The molecule has 0 bridgehead atoms. The third kappa shape index (κ3) is 16.7. The molecule has 2 heteroatoms. The molecule has 0 unspecified atom stereocenters. The minimum Gasteiger partial charge on any atom is -0.481 e. The molecule has 0 aliphatic heterocycles. The van der Waals surface area contributed by atoms with Crippen molar-refractivity contribution in [1.29, 1.82) is 0 Å². The van der Waals surface area contributed by atoms with Crippen molar-refractivity contribution in [2.45, 2.75) is 77.6 Å². The van der Waals surface area contributed by atoms with Crippen LogP contribution in [0.15, 0.2) is 30.0 Å². The molecule has 0 spiro atoms. The third-order valence-electron chi connectivity index (χ3n) is 3.16. The molecular weight excluding hydrogens is 248 g/mol. The van der Waals surface area contributed by atoms with Crippen molar-refractivity contribution >= 4 is 5.97 Å². The molecule has 0 saturated carbocycles. The van der Waals surface area contributed by atoms with Gasteiger partial charge in [0.2, 0.25) is 0 Å². The molecule has 0 saturated heterocycles. The number of carboxylic acid groups (broad SMARTS) is 1. The van der Waals surface area contributed by atoms with Crippen LogP contribution in [0.1, 0.15) is 77.6 Å². The number of hydrogen-bond acceptors (Lipinski definition) is 1. The van der Waals surface area contributed by atoms with Crippen molar-refractivity contribution in [1.82, 2.24) is 0 Å². The summed E-state index contributed by atoms with van der Waals surface area (Å²) in [6.07, 6.45) is 20.1. The zero-order valence-electron chi connectivity index (χ0n) is 12.9. The predicted molar refractivity (Wildman–Crippen MR) is 85.9 cm³/mol. The van der Waals surface area contributed by atoms with E-state index in [1.54, 1.807) is 0 Å². The summed E-state index contributed by atoms with van der Waals surface area (Å²) >= 11 is 0. The van der Waals surface area contributed by atoms with E-state index in [9.17, 15) is 4.79 Å². The van der Waals surface area contributed by atoms with E-state index < -0.39 is 5.97 Å². The molecule has 0 fully saturated rings. The third-order valence-corrected chi connectivity index (χ3v) is 3.16. The smallest absolute Gasteiger partial charge is 0.303 e. The second-order valence-corrected chi connectivity index (χ2v) is 5.16. The van der Waals surface area contributed by atoms with Crippen molar-refractivity contribution in [3.63, 3.8) is 0 Å². The van der Waals surface area contributed by atoms with Crippen LogP contribution >= 0.6 is 0 Å². The average Bonchev–Trinajstić information content (AvgIpc) is 2.43. The second-order valence-electron chi connectivity index (χ2n) is 5.16. The van der Waals surface area contributed by atoms with Gasteiger partial charge in [-0.3, -0.25) is 4.79 Å². The number of allylic oxidation sites excluding steroid dienone is 3. The van der Waals surface area contributed by atoms with E-state index in [1.165, 1.54) is 32.1 Å². The van der Waals surface area contributed by atoms with Crippen molar-refractivity contribution in [2.24, 2.45) is 0 Å². The Morgan fingerprint density at radius 1 is 1.00 bits per heavy atom. The van der Waals surface area contributed by atoms with Gasteiger partial charge in [-0.05, 0) is 44.3 Å². The predicted octanol–water partition coefficient (Wildman–Crippen LogP) is 5.65. The summed E-state index contributed by atoms with van der Waals surface area (Å²) in [4.78, 5) is 10.3. The number of hydrogen-bond donors (Lipinski definition) is 1. The van der Waals surface area contributed by atoms with Gasteiger partial charge >= 0.3 is 5.97 Å². The molecule has 1 N–H and O–H groups in total. The molecular formula is C18H30O2. The number of unbranched alkanes of at least 4 members (excludes halogenated alkanes) is 8. The average molecular weight is 278 g/mol. The standard InChI is InChI=1S/C18H30O2/c1-2-3-4-5-6-7-8-9-10-11-12-13-14-15-16-17-18(19)20/h6,8-10H,2-5,11-17H2,1H3,(H,19,20). The lowest BCUT2D eigenvalue weighted by atomic mass is 10.1. The van der Waals surface area contributed by atoms with Crippen LogP contribution in [-0.4, -0.2) is 11.1 Å². The first-order chi connectivity index (χ1) is 9.77. The number of carbonyl (C=O) groups is 1. The molecule has 0 aromatic carbocycles. The minimum absolute atomic E-state index is 0.315. The summed E-state index contributed by atoms with van der Waals surface area (Å²) in [6.45, 7) is 2.22. The molecule has 0 radical (unpaired) electrons. The maximum Gasteiger partial charge on any atom is 0.303 e. The fraction of sp³-hybridized carbons (Fsp3) is 0.667. The Kier molecular flexibility index (Phi) is 14.8. The first-order valence-corrected chi connectivity index (χ1v) is 8.05. The lowest BCUT2D eigenvalue weighted by Crippen LogP contribution is -1.93. The van der Waals surface area contributed by atoms with E-state index in [-0.39, 0.29) is 0 Å². The van der Waals surface area contributed by atoms with Gasteiger partial charge < -0.3 is 5.11 Å². The van der Waals surface area contributed by atoms with Gasteiger partial charge in [0, 0.05) is 6.42 Å². The lowest BCUT2D eigenvalue weighted by Gasteiger charge is -1.97. The zero-order valence-corrected chi connectivity index (χ0v) is 12.9. The highest BCUT2D eigenvalue weighted by atomic mass is 16.4. The molecule has 2 nitrogen and oxygen atoms in total. The fourth-order valence-electron chi connectivity index (χ4n) is 1.94. The quantitative estimate of drug-likeness (QED) is 0.268. The van der Waals surface area contributed by atoms with Gasteiger partial charge in [-0.25, -0.2) is 0 Å². The van der Waals surface area contributed by atoms with Gasteiger partial charge in [0.1, 0.15) is 0 Å². The largest absolute Gasteiger partial charge is 0.481 e. The summed E-state index contributed by atoms with van der Waals surface area (Å²) in [5, 5.41) is 8.50. The molecule has 0 aliphatic carbocycles. The zero-order chi connectivity index (χ0) is 14.9. The van der Waals surface area contributed by atoms with Crippen molar-refractivity contribution in [3.05, 3.63) is 30.0 Å². The number of carboxylic acids is 1. The van der Waals surface area contributed by atoms with Crippen LogP contribution in [0.2, 0.25) is 0 Å². The van der Waals surface area contributed by atoms with E-state index in [2.05, 4.69) is 30.9 Å². The minimum atomic E-state index is -0.678. The molecule has 20 heavy (non-hydrogen) atoms. The maximum atomic E-state index is 10.3. The summed E-state index contributed by atoms with van der Waals surface area (Å²) in [5.41, 5.74) is 3.18. The summed E-state index contributed by atoms with van der Waals surface area (Å²) in [6, 6.07) is 0. The SMILES string of the molecule is CCCCCC=C=CC=CCCCCCCCC(=O)O. The highest BCUT2D eigenvalue weighted by Gasteiger charge is 1.95. The Bertz CT molecular complexity index is 309. The maximum absolute atomic E-state index is 10.3. The molecule has 0 aliphatic rings. The van der Waals surface area contributed by atoms with E-state index in [4.69, 9.17) is 5.11 Å². The van der Waals surface area contributed by atoms with E-state index in [0.29, 0.717) is 6.42 Å². The van der Waals surface area contributed by atoms with E-state index >= 15 is 0 Å². The van der Waals surface area contributed by atoms with Gasteiger partial charge in [0.15, 0.2) is 0 Å². The van der Waals surface area contributed by atoms with Crippen LogP contribution < -0.4 is 0 Å². The van der Waals surface area contributed by atoms with Crippen molar-refractivity contribution < 1.29 is 9.90 Å². The van der Waals surface area contributed by atoms with Crippen LogP contribution in [0.25, 0.3) is 0 Å². The highest BCUT2D eigenvalue weighted by Crippen LogP contribution is 2.07. The Morgan fingerprint density at radius 2 is 1.70 bits per heavy atom. The topological polar surface area (TPSA) is 37.3 Å². The van der Waals surface area contributed by atoms with E-state index in [1.807, 2.05) is 6.08 Å². The van der Waals surface area contributed by atoms with Crippen molar-refractivity contribution in [2.75, 3.05) is 0 Å². The second kappa shape index (κ2) is 15.8. The molecule has 0 amide bonds. The fourth-order valence-corrected chi connectivity index (χ4v) is 1.94. The molecule has 0 heterocycles. The van der Waals surface area contributed by atoms with Crippen molar-refractivity contribution in [3.8, 4) is 0 Å². The van der Waals surface area contributed by atoms with Crippen LogP contribution in [0.3, 0.4) is 0 Å². The van der Waals surface area contributed by atoms with E-state index in [0.717, 1.165) is 32.1 Å². The first kappa shape index (κ1) is 18.7. The molecule has 0 aromatic rings. The molecule has 0 aromatic heterocycles. The number of rotatable bonds is 13. The van der Waals surface area contributed by atoms with Gasteiger partial charge in [-0.15, -0.1) is 5.73 Å².